The van der Waals surface area contributed by atoms with Crippen LogP contribution >= 0.6 is 23.2 Å². The Morgan fingerprint density at radius 1 is 1.00 bits per heavy atom. The second-order valence-electron chi connectivity index (χ2n) is 4.81. The molecule has 0 radical (unpaired) electrons. The lowest BCUT2D eigenvalue weighted by Crippen LogP contribution is -2.41. The molecule has 2 N–H and O–H groups in total. The number of furan rings is 1. The number of benzene rings is 2. The summed E-state index contributed by atoms with van der Waals surface area (Å²) in [5.74, 6) is -0.797. The zero-order valence-corrected chi connectivity index (χ0v) is 14.2. The summed E-state index contributed by atoms with van der Waals surface area (Å²) in [6.45, 7) is 0. The fourth-order valence-electron chi connectivity index (χ4n) is 1.99. The molecule has 0 aliphatic carbocycles. The van der Waals surface area contributed by atoms with Crippen LogP contribution in [0.4, 0.5) is 0 Å². The highest BCUT2D eigenvalue weighted by Crippen LogP contribution is 2.23. The fourth-order valence-corrected chi connectivity index (χ4v) is 3.31. The number of rotatable bonds is 4. The topological polar surface area (TPSA) is 88.4 Å². The van der Waals surface area contributed by atoms with Crippen LogP contribution in [0, 0.1) is 0 Å². The van der Waals surface area contributed by atoms with Crippen molar-refractivity contribution in [2.45, 2.75) is 4.90 Å². The molecule has 3 aromatic rings. The Labute approximate surface area is 147 Å². The Bertz CT molecular complexity index is 1030. The van der Waals surface area contributed by atoms with Crippen molar-refractivity contribution in [1.29, 1.82) is 0 Å². The number of nitrogens with one attached hydrogen (secondary N) is 2. The van der Waals surface area contributed by atoms with Gasteiger partial charge < -0.3 is 4.42 Å². The van der Waals surface area contributed by atoms with Gasteiger partial charge in [-0.15, -0.1) is 4.83 Å². The van der Waals surface area contributed by atoms with Gasteiger partial charge in [-0.05, 0) is 42.5 Å². The lowest BCUT2D eigenvalue weighted by Gasteiger charge is -2.07. The smallest absolute Gasteiger partial charge is 0.301 e. The van der Waals surface area contributed by atoms with Crippen molar-refractivity contribution in [3.8, 4) is 0 Å². The Kier molecular flexibility index (Phi) is 4.51. The molecule has 0 saturated heterocycles. The van der Waals surface area contributed by atoms with E-state index in [9.17, 15) is 13.2 Å². The highest BCUT2D eigenvalue weighted by Gasteiger charge is 2.18. The number of halogens is 2. The number of hydrogen-bond donors (Lipinski definition) is 2. The largest absolute Gasteiger partial charge is 0.451 e. The van der Waals surface area contributed by atoms with Crippen LogP contribution in [0.5, 0.6) is 0 Å². The summed E-state index contributed by atoms with van der Waals surface area (Å²) in [5, 5.41) is 1.39. The molecular formula is C15H10Cl2N2O4S. The van der Waals surface area contributed by atoms with Gasteiger partial charge in [-0.3, -0.25) is 10.2 Å². The highest BCUT2D eigenvalue weighted by molar-refractivity contribution is 7.89. The number of hydrogen-bond acceptors (Lipinski definition) is 4. The molecule has 0 fully saturated rings. The van der Waals surface area contributed by atoms with E-state index in [1.54, 1.807) is 24.3 Å². The predicted molar refractivity (Wildman–Crippen MR) is 90.5 cm³/mol. The maximum absolute atomic E-state index is 12.1. The maximum Gasteiger partial charge on any atom is 0.301 e. The average molecular weight is 385 g/mol. The van der Waals surface area contributed by atoms with Crippen LogP contribution in [-0.4, -0.2) is 14.3 Å². The minimum Gasteiger partial charge on any atom is -0.451 e. The molecule has 124 valence electrons. The third-order valence-electron chi connectivity index (χ3n) is 3.11. The Morgan fingerprint density at radius 3 is 2.50 bits per heavy atom. The van der Waals surface area contributed by atoms with Gasteiger partial charge in [0.15, 0.2) is 5.76 Å². The zero-order chi connectivity index (χ0) is 17.3. The maximum atomic E-state index is 12.1. The molecule has 24 heavy (non-hydrogen) atoms. The first-order valence-corrected chi connectivity index (χ1v) is 8.86. The van der Waals surface area contributed by atoms with Gasteiger partial charge in [0.25, 0.3) is 10.0 Å². The summed E-state index contributed by atoms with van der Waals surface area (Å²) in [4.78, 5) is 14.0. The second kappa shape index (κ2) is 6.45. The van der Waals surface area contributed by atoms with Gasteiger partial charge in [-0.1, -0.05) is 29.3 Å². The monoisotopic (exact) mass is 384 g/mol. The van der Waals surface area contributed by atoms with Gasteiger partial charge in [-0.25, -0.2) is 8.42 Å². The Morgan fingerprint density at radius 2 is 1.75 bits per heavy atom. The van der Waals surface area contributed by atoms with Crippen molar-refractivity contribution in [2.24, 2.45) is 0 Å². The van der Waals surface area contributed by atoms with E-state index < -0.39 is 15.9 Å². The van der Waals surface area contributed by atoms with Crippen LogP contribution < -0.4 is 10.3 Å². The van der Waals surface area contributed by atoms with Crippen LogP contribution in [0.3, 0.4) is 0 Å². The number of hydrazine groups is 1. The van der Waals surface area contributed by atoms with Crippen molar-refractivity contribution >= 4 is 50.1 Å². The summed E-state index contributed by atoms with van der Waals surface area (Å²) in [6, 6.07) is 12.0. The Balaban J connectivity index is 1.76. The van der Waals surface area contributed by atoms with Crippen LogP contribution in [0.1, 0.15) is 10.6 Å². The van der Waals surface area contributed by atoms with E-state index in [-0.39, 0.29) is 15.7 Å². The molecule has 0 spiro atoms. The summed E-state index contributed by atoms with van der Waals surface area (Å²) in [5.41, 5.74) is 2.55. The van der Waals surface area contributed by atoms with E-state index in [0.29, 0.717) is 16.0 Å². The summed E-state index contributed by atoms with van der Waals surface area (Å²) in [7, 11) is -3.95. The van der Waals surface area contributed by atoms with Crippen LogP contribution in [0.2, 0.25) is 10.0 Å². The van der Waals surface area contributed by atoms with Crippen molar-refractivity contribution < 1.29 is 17.6 Å². The zero-order valence-electron chi connectivity index (χ0n) is 11.9. The average Bonchev–Trinajstić information content (AvgIpc) is 2.96. The van der Waals surface area contributed by atoms with Crippen molar-refractivity contribution in [2.75, 3.05) is 0 Å². The van der Waals surface area contributed by atoms with Crippen LogP contribution in [-0.2, 0) is 10.0 Å². The Hall–Kier alpha value is -2.06. The molecule has 3 rings (SSSR count). The highest BCUT2D eigenvalue weighted by atomic mass is 35.5. The third kappa shape index (κ3) is 3.54. The second-order valence-corrected chi connectivity index (χ2v) is 7.37. The molecule has 1 heterocycles. The van der Waals surface area contributed by atoms with E-state index in [1.165, 1.54) is 24.3 Å². The molecule has 0 aliphatic heterocycles. The standard InChI is InChI=1S/C15H10Cl2N2O4S/c16-10-2-1-3-12(8-10)24(21,22)19-18-15(20)14-7-9-6-11(17)4-5-13(9)23-14/h1-8,19H,(H,18,20). The van der Waals surface area contributed by atoms with Gasteiger partial charge in [0, 0.05) is 15.4 Å². The molecule has 1 amide bonds. The van der Waals surface area contributed by atoms with Gasteiger partial charge in [0.2, 0.25) is 0 Å². The van der Waals surface area contributed by atoms with Crippen LogP contribution in [0.25, 0.3) is 11.0 Å². The lowest BCUT2D eigenvalue weighted by molar-refractivity contribution is 0.0919. The van der Waals surface area contributed by atoms with Crippen molar-refractivity contribution in [3.63, 3.8) is 0 Å². The molecule has 1 aromatic heterocycles. The number of carbonyl (C=O) groups is 1. The molecule has 9 heteroatoms. The first-order valence-electron chi connectivity index (χ1n) is 6.62. The summed E-state index contributed by atoms with van der Waals surface area (Å²) in [6.07, 6.45) is 0. The number of fused-ring (bicyclic) bond motifs is 1. The molecular weight excluding hydrogens is 375 g/mol. The molecule has 6 nitrogen and oxygen atoms in total. The molecule has 0 bridgehead atoms. The predicted octanol–water partition coefficient (Wildman–Crippen LogP) is 3.36. The molecule has 0 aliphatic rings. The number of sulfonamides is 1. The normalized spacial score (nSPS) is 11.6. The van der Waals surface area contributed by atoms with E-state index in [0.717, 1.165) is 0 Å². The quantitative estimate of drug-likeness (QED) is 0.674. The minimum atomic E-state index is -3.95. The van der Waals surface area contributed by atoms with Gasteiger partial charge in [0.1, 0.15) is 5.58 Å². The lowest BCUT2D eigenvalue weighted by atomic mass is 10.2. The third-order valence-corrected chi connectivity index (χ3v) is 4.82. The minimum absolute atomic E-state index is 0.0546. The first kappa shape index (κ1) is 16.8. The molecule has 2 aromatic carbocycles. The fraction of sp³-hybridized carbons (Fsp3) is 0. The SMILES string of the molecule is O=C(NNS(=O)(=O)c1cccc(Cl)c1)c1cc2cc(Cl)ccc2o1. The van der Waals surface area contributed by atoms with Crippen molar-refractivity contribution in [3.05, 3.63) is 64.3 Å². The van der Waals surface area contributed by atoms with E-state index in [2.05, 4.69) is 5.43 Å². The number of carbonyl (C=O) groups excluding carboxylic acids is 1. The molecule has 0 atom stereocenters. The molecule has 0 saturated carbocycles. The van der Waals surface area contributed by atoms with E-state index in [1.807, 2.05) is 4.83 Å². The van der Waals surface area contributed by atoms with E-state index in [4.69, 9.17) is 27.6 Å². The summed E-state index contributed by atoms with van der Waals surface area (Å²) >= 11 is 11.6. The first-order chi connectivity index (χ1) is 11.3. The van der Waals surface area contributed by atoms with Crippen LogP contribution in [0.15, 0.2) is 57.8 Å². The van der Waals surface area contributed by atoms with Crippen molar-refractivity contribution in [1.82, 2.24) is 10.3 Å². The van der Waals surface area contributed by atoms with Gasteiger partial charge >= 0.3 is 5.91 Å². The van der Waals surface area contributed by atoms with E-state index >= 15 is 0 Å². The number of amides is 1. The summed E-state index contributed by atoms with van der Waals surface area (Å²) < 4.78 is 29.6. The van der Waals surface area contributed by atoms with Gasteiger partial charge in [-0.2, -0.15) is 0 Å². The van der Waals surface area contributed by atoms with Gasteiger partial charge in [0.05, 0.1) is 4.90 Å². The molecule has 0 unspecified atom stereocenters.